The normalized spacial score (nSPS) is 12.2. The SMILES string of the molecule is Cn1c2ccccc2c2c3c(O)[nH]cc3c3cc[nH]c3c21. The monoisotopic (exact) mass is 275 g/mol. The zero-order valence-corrected chi connectivity index (χ0v) is 11.4. The number of aromatic amines is 2. The van der Waals surface area contributed by atoms with E-state index >= 15 is 0 Å². The van der Waals surface area contributed by atoms with Crippen molar-refractivity contribution in [3.8, 4) is 5.88 Å². The third-order valence-corrected chi connectivity index (χ3v) is 4.49. The molecule has 5 aromatic rings. The highest BCUT2D eigenvalue weighted by Crippen LogP contribution is 2.42. The number of para-hydroxylation sites is 1. The Morgan fingerprint density at radius 1 is 0.952 bits per heavy atom. The molecule has 3 N–H and O–H groups in total. The number of hydrogen-bond acceptors (Lipinski definition) is 1. The van der Waals surface area contributed by atoms with E-state index < -0.39 is 0 Å². The van der Waals surface area contributed by atoms with Gasteiger partial charge >= 0.3 is 0 Å². The predicted molar refractivity (Wildman–Crippen MR) is 85.8 cm³/mol. The van der Waals surface area contributed by atoms with Crippen molar-refractivity contribution in [1.29, 1.82) is 0 Å². The Balaban J connectivity index is 2.32. The highest BCUT2D eigenvalue weighted by Gasteiger charge is 2.19. The van der Waals surface area contributed by atoms with Crippen molar-refractivity contribution in [3.63, 3.8) is 0 Å². The molecule has 0 saturated carbocycles. The lowest BCUT2D eigenvalue weighted by Crippen LogP contribution is -1.87. The molecular weight excluding hydrogens is 262 g/mol. The number of aromatic hydroxyl groups is 1. The van der Waals surface area contributed by atoms with Crippen LogP contribution in [0.1, 0.15) is 0 Å². The van der Waals surface area contributed by atoms with Crippen LogP contribution in [-0.2, 0) is 7.05 Å². The zero-order valence-electron chi connectivity index (χ0n) is 11.4. The number of benzene rings is 2. The van der Waals surface area contributed by atoms with Crippen LogP contribution in [0, 0.1) is 0 Å². The summed E-state index contributed by atoms with van der Waals surface area (Å²) >= 11 is 0. The Morgan fingerprint density at radius 3 is 2.71 bits per heavy atom. The van der Waals surface area contributed by atoms with E-state index in [-0.39, 0.29) is 5.88 Å². The smallest absolute Gasteiger partial charge is 0.197 e. The maximum Gasteiger partial charge on any atom is 0.197 e. The fourth-order valence-corrected chi connectivity index (χ4v) is 3.61. The maximum absolute atomic E-state index is 10.3. The van der Waals surface area contributed by atoms with Crippen LogP contribution in [-0.4, -0.2) is 19.6 Å². The van der Waals surface area contributed by atoms with Crippen LogP contribution in [0.4, 0.5) is 0 Å². The molecule has 0 bridgehead atoms. The van der Waals surface area contributed by atoms with Crippen LogP contribution in [0.25, 0.3) is 43.5 Å². The molecule has 0 unspecified atom stereocenters. The Hall–Kier alpha value is -2.88. The second-order valence-electron chi connectivity index (χ2n) is 5.49. The first-order valence-corrected chi connectivity index (χ1v) is 6.93. The van der Waals surface area contributed by atoms with Crippen molar-refractivity contribution < 1.29 is 5.11 Å². The van der Waals surface area contributed by atoms with Gasteiger partial charge in [-0.2, -0.15) is 0 Å². The van der Waals surface area contributed by atoms with Gasteiger partial charge in [-0.05, 0) is 12.1 Å². The quantitative estimate of drug-likeness (QED) is 0.393. The molecule has 21 heavy (non-hydrogen) atoms. The molecule has 4 nitrogen and oxygen atoms in total. The number of nitrogens with one attached hydrogen (secondary N) is 2. The Bertz CT molecular complexity index is 1160. The number of fused-ring (bicyclic) bond motifs is 8. The molecule has 0 aliphatic rings. The van der Waals surface area contributed by atoms with Gasteiger partial charge in [-0.25, -0.2) is 0 Å². The fourth-order valence-electron chi connectivity index (χ4n) is 3.61. The van der Waals surface area contributed by atoms with Crippen molar-refractivity contribution in [2.24, 2.45) is 7.05 Å². The summed E-state index contributed by atoms with van der Waals surface area (Å²) in [6, 6.07) is 10.4. The van der Waals surface area contributed by atoms with Crippen LogP contribution < -0.4 is 0 Å². The minimum Gasteiger partial charge on any atom is -0.494 e. The van der Waals surface area contributed by atoms with E-state index in [2.05, 4.69) is 39.8 Å². The van der Waals surface area contributed by atoms with Crippen LogP contribution in [0.3, 0.4) is 0 Å². The first-order valence-electron chi connectivity index (χ1n) is 6.93. The number of nitrogens with zero attached hydrogens (tertiary/aromatic N) is 1. The second kappa shape index (κ2) is 3.41. The van der Waals surface area contributed by atoms with Crippen LogP contribution in [0.15, 0.2) is 42.7 Å². The van der Waals surface area contributed by atoms with E-state index in [1.165, 1.54) is 0 Å². The largest absolute Gasteiger partial charge is 0.494 e. The first kappa shape index (κ1) is 10.9. The minimum absolute atomic E-state index is 0.231. The van der Waals surface area contributed by atoms with Crippen molar-refractivity contribution in [2.75, 3.05) is 0 Å². The summed E-state index contributed by atoms with van der Waals surface area (Å²) in [4.78, 5) is 6.31. The topological polar surface area (TPSA) is 56.7 Å². The molecule has 0 radical (unpaired) electrons. The summed E-state index contributed by atoms with van der Waals surface area (Å²) in [5, 5.41) is 15.6. The van der Waals surface area contributed by atoms with E-state index in [9.17, 15) is 5.11 Å². The summed E-state index contributed by atoms with van der Waals surface area (Å²) in [7, 11) is 2.07. The molecular formula is C17H13N3O. The lowest BCUT2D eigenvalue weighted by molar-refractivity contribution is 0.463. The lowest BCUT2D eigenvalue weighted by atomic mass is 10.0. The summed E-state index contributed by atoms with van der Waals surface area (Å²) in [6.07, 6.45) is 3.83. The molecule has 0 saturated heterocycles. The number of rotatable bonds is 0. The standard InChI is InChI=1S/C17H13N3O/c1-20-12-5-3-2-4-10(12)13-14-11(8-19-17(14)21)9-6-7-18-15(9)16(13)20/h2-8,18-19,21H,1H3. The molecule has 3 aromatic heterocycles. The molecule has 2 aromatic carbocycles. The molecule has 0 fully saturated rings. The Kier molecular flexibility index (Phi) is 1.76. The van der Waals surface area contributed by atoms with Gasteiger partial charge in [-0.3, -0.25) is 0 Å². The Morgan fingerprint density at radius 2 is 1.81 bits per heavy atom. The summed E-state index contributed by atoms with van der Waals surface area (Å²) in [5.41, 5.74) is 3.39. The van der Waals surface area contributed by atoms with Crippen LogP contribution >= 0.6 is 0 Å². The highest BCUT2D eigenvalue weighted by atomic mass is 16.3. The molecule has 0 aliphatic heterocycles. The van der Waals surface area contributed by atoms with E-state index in [1.54, 1.807) is 0 Å². The lowest BCUT2D eigenvalue weighted by Gasteiger charge is -2.02. The van der Waals surface area contributed by atoms with Gasteiger partial charge in [0.05, 0.1) is 16.4 Å². The van der Waals surface area contributed by atoms with Gasteiger partial charge in [0.15, 0.2) is 5.88 Å². The molecule has 0 amide bonds. The third kappa shape index (κ3) is 1.12. The molecule has 0 aliphatic carbocycles. The van der Waals surface area contributed by atoms with Crippen molar-refractivity contribution in [3.05, 3.63) is 42.7 Å². The van der Waals surface area contributed by atoms with Crippen molar-refractivity contribution in [1.82, 2.24) is 14.5 Å². The summed E-state index contributed by atoms with van der Waals surface area (Å²) < 4.78 is 2.19. The van der Waals surface area contributed by atoms with Crippen molar-refractivity contribution in [2.45, 2.75) is 0 Å². The number of aryl methyl sites for hydroxylation is 1. The zero-order chi connectivity index (χ0) is 14.1. The Labute approximate surface area is 119 Å². The average molecular weight is 275 g/mol. The van der Waals surface area contributed by atoms with E-state index in [4.69, 9.17) is 0 Å². The van der Waals surface area contributed by atoms with Gasteiger partial charge in [0.2, 0.25) is 0 Å². The molecule has 0 spiro atoms. The number of aromatic nitrogens is 3. The van der Waals surface area contributed by atoms with E-state index in [1.807, 2.05) is 24.5 Å². The number of H-pyrrole nitrogens is 2. The van der Waals surface area contributed by atoms with Gasteiger partial charge in [0.1, 0.15) is 0 Å². The van der Waals surface area contributed by atoms with E-state index in [0.717, 1.165) is 43.5 Å². The molecule has 5 rings (SSSR count). The fraction of sp³-hybridized carbons (Fsp3) is 0.0588. The van der Waals surface area contributed by atoms with Crippen LogP contribution in [0.5, 0.6) is 5.88 Å². The molecule has 3 heterocycles. The average Bonchev–Trinajstić information content (AvgIpc) is 3.17. The molecule has 0 atom stereocenters. The van der Waals surface area contributed by atoms with Gasteiger partial charge in [0, 0.05) is 46.5 Å². The number of hydrogen-bond donors (Lipinski definition) is 3. The van der Waals surface area contributed by atoms with Gasteiger partial charge in [-0.1, -0.05) is 18.2 Å². The van der Waals surface area contributed by atoms with Crippen molar-refractivity contribution >= 4 is 43.5 Å². The van der Waals surface area contributed by atoms with Crippen LogP contribution in [0.2, 0.25) is 0 Å². The predicted octanol–water partition coefficient (Wildman–Crippen LogP) is 4.00. The van der Waals surface area contributed by atoms with E-state index in [0.29, 0.717) is 0 Å². The van der Waals surface area contributed by atoms with Gasteiger partial charge in [-0.15, -0.1) is 0 Å². The second-order valence-corrected chi connectivity index (χ2v) is 5.49. The third-order valence-electron chi connectivity index (χ3n) is 4.49. The maximum atomic E-state index is 10.3. The summed E-state index contributed by atoms with van der Waals surface area (Å²) in [5.74, 6) is 0.231. The van der Waals surface area contributed by atoms with Gasteiger partial charge in [0.25, 0.3) is 0 Å². The summed E-state index contributed by atoms with van der Waals surface area (Å²) in [6.45, 7) is 0. The van der Waals surface area contributed by atoms with Gasteiger partial charge < -0.3 is 19.6 Å². The molecule has 4 heteroatoms. The molecule has 102 valence electrons. The minimum atomic E-state index is 0.231. The highest BCUT2D eigenvalue weighted by molar-refractivity contribution is 6.32. The first-order chi connectivity index (χ1) is 10.3.